The van der Waals surface area contributed by atoms with E-state index in [2.05, 4.69) is 9.88 Å². The van der Waals surface area contributed by atoms with Gasteiger partial charge in [-0.05, 0) is 37.3 Å². The van der Waals surface area contributed by atoms with Gasteiger partial charge in [0.2, 0.25) is 11.8 Å². The van der Waals surface area contributed by atoms with Gasteiger partial charge in [0.15, 0.2) is 0 Å². The number of nitrogens with two attached hydrogens (primary N) is 2. The lowest BCUT2D eigenvalue weighted by Gasteiger charge is -2.18. The topological polar surface area (TPSA) is 94.5 Å². The van der Waals surface area contributed by atoms with Crippen LogP contribution in [-0.4, -0.2) is 30.6 Å². The van der Waals surface area contributed by atoms with E-state index in [9.17, 15) is 4.79 Å². The summed E-state index contributed by atoms with van der Waals surface area (Å²) in [5.41, 5.74) is 11.8. The van der Waals surface area contributed by atoms with Gasteiger partial charge in [0.25, 0.3) is 0 Å². The lowest BCUT2D eigenvalue weighted by molar-refractivity contribution is -0.121. The fourth-order valence-electron chi connectivity index (χ4n) is 2.42. The minimum absolute atomic E-state index is 0.0924. The summed E-state index contributed by atoms with van der Waals surface area (Å²) in [6.07, 6.45) is 3.23. The van der Waals surface area contributed by atoms with Gasteiger partial charge in [-0.3, -0.25) is 4.79 Å². The first-order valence-corrected chi connectivity index (χ1v) is 7.07. The molecular formula is C14H20N4O2. The normalized spacial score (nSPS) is 22.0. The van der Waals surface area contributed by atoms with Gasteiger partial charge in [-0.1, -0.05) is 0 Å². The largest absolute Gasteiger partial charge is 0.476 e. The number of carbonyl (C=O) groups excluding carboxylic acids is 1. The highest BCUT2D eigenvalue weighted by Crippen LogP contribution is 2.31. The maximum Gasteiger partial charge on any atom is 0.239 e. The minimum Gasteiger partial charge on any atom is -0.476 e. The molecule has 1 aromatic rings. The summed E-state index contributed by atoms with van der Waals surface area (Å²) in [6.45, 7) is 2.09. The Morgan fingerprint density at radius 2 is 2.20 bits per heavy atom. The number of anilines is 2. The maximum atomic E-state index is 11.2. The van der Waals surface area contributed by atoms with Gasteiger partial charge in [0, 0.05) is 13.1 Å². The molecular weight excluding hydrogens is 256 g/mol. The first kappa shape index (κ1) is 13.0. The van der Waals surface area contributed by atoms with E-state index in [0.717, 1.165) is 18.8 Å². The predicted octanol–water partition coefficient (Wildman–Crippen LogP) is 0.764. The molecule has 1 aromatic heterocycles. The average molecular weight is 276 g/mol. The number of rotatable bonds is 5. The number of primary amides is 1. The fourth-order valence-corrected chi connectivity index (χ4v) is 2.42. The van der Waals surface area contributed by atoms with Crippen LogP contribution in [0.15, 0.2) is 12.1 Å². The van der Waals surface area contributed by atoms with Crippen LogP contribution in [0.1, 0.15) is 19.3 Å². The molecule has 6 heteroatoms. The van der Waals surface area contributed by atoms with Crippen molar-refractivity contribution in [1.29, 1.82) is 0 Å². The third kappa shape index (κ3) is 2.79. The van der Waals surface area contributed by atoms with Crippen LogP contribution in [-0.2, 0) is 4.79 Å². The van der Waals surface area contributed by atoms with Gasteiger partial charge in [-0.2, -0.15) is 4.98 Å². The number of nitrogens with zero attached hydrogens (tertiary/aromatic N) is 2. The molecule has 1 unspecified atom stereocenters. The van der Waals surface area contributed by atoms with Crippen molar-refractivity contribution < 1.29 is 9.53 Å². The number of hydrogen-bond acceptors (Lipinski definition) is 5. The second-order valence-corrected chi connectivity index (χ2v) is 5.65. The van der Waals surface area contributed by atoms with Crippen molar-refractivity contribution in [3.63, 3.8) is 0 Å². The second kappa shape index (κ2) is 5.19. The van der Waals surface area contributed by atoms with Crippen LogP contribution >= 0.6 is 0 Å². The zero-order valence-corrected chi connectivity index (χ0v) is 11.4. The van der Waals surface area contributed by atoms with Crippen LogP contribution in [0.2, 0.25) is 0 Å². The van der Waals surface area contributed by atoms with Crippen LogP contribution < -0.4 is 21.1 Å². The Kier molecular flexibility index (Phi) is 3.38. The van der Waals surface area contributed by atoms with Gasteiger partial charge in [-0.25, -0.2) is 0 Å². The number of aromatic nitrogens is 1. The van der Waals surface area contributed by atoms with Gasteiger partial charge in [0.05, 0.1) is 18.2 Å². The van der Waals surface area contributed by atoms with Crippen molar-refractivity contribution in [3.8, 4) is 5.88 Å². The molecule has 108 valence electrons. The lowest BCUT2D eigenvalue weighted by Crippen LogP contribution is -2.27. The van der Waals surface area contributed by atoms with E-state index in [4.69, 9.17) is 16.2 Å². The van der Waals surface area contributed by atoms with Gasteiger partial charge >= 0.3 is 0 Å². The van der Waals surface area contributed by atoms with Crippen LogP contribution in [0.4, 0.5) is 11.5 Å². The smallest absolute Gasteiger partial charge is 0.239 e. The predicted molar refractivity (Wildman–Crippen MR) is 76.4 cm³/mol. The van der Waals surface area contributed by atoms with Gasteiger partial charge in [0.1, 0.15) is 5.82 Å². The molecule has 0 bridgehead atoms. The fraction of sp³-hybridized carbons (Fsp3) is 0.571. The molecule has 1 aliphatic carbocycles. The molecule has 0 aromatic carbocycles. The first-order valence-electron chi connectivity index (χ1n) is 7.07. The summed E-state index contributed by atoms with van der Waals surface area (Å²) in [7, 11) is 0. The van der Waals surface area contributed by atoms with Crippen molar-refractivity contribution in [1.82, 2.24) is 4.98 Å². The Hall–Kier alpha value is -1.98. The molecule has 0 spiro atoms. The van der Waals surface area contributed by atoms with Crippen molar-refractivity contribution in [3.05, 3.63) is 12.1 Å². The molecule has 20 heavy (non-hydrogen) atoms. The molecule has 3 rings (SSSR count). The Morgan fingerprint density at radius 1 is 1.40 bits per heavy atom. The molecule has 1 atom stereocenters. The van der Waals surface area contributed by atoms with Crippen LogP contribution in [0.5, 0.6) is 5.88 Å². The summed E-state index contributed by atoms with van der Waals surface area (Å²) in [4.78, 5) is 17.7. The quantitative estimate of drug-likeness (QED) is 0.828. The van der Waals surface area contributed by atoms with Gasteiger partial charge in [-0.15, -0.1) is 0 Å². The van der Waals surface area contributed by atoms with E-state index < -0.39 is 0 Å². The zero-order valence-electron chi connectivity index (χ0n) is 11.4. The summed E-state index contributed by atoms with van der Waals surface area (Å²) in [5.74, 6) is 1.62. The molecule has 6 nitrogen and oxygen atoms in total. The Balaban J connectivity index is 1.69. The number of amides is 1. The van der Waals surface area contributed by atoms with Crippen LogP contribution in [0, 0.1) is 11.8 Å². The lowest BCUT2D eigenvalue weighted by atomic mass is 10.1. The molecule has 2 fully saturated rings. The summed E-state index contributed by atoms with van der Waals surface area (Å²) in [6, 6.07) is 3.67. The van der Waals surface area contributed by atoms with Crippen LogP contribution in [0.25, 0.3) is 0 Å². The Bertz CT molecular complexity index is 516. The van der Waals surface area contributed by atoms with Crippen molar-refractivity contribution in [2.24, 2.45) is 17.6 Å². The summed E-state index contributed by atoms with van der Waals surface area (Å²) < 4.78 is 5.68. The number of carbonyl (C=O) groups is 1. The van der Waals surface area contributed by atoms with E-state index in [1.165, 1.54) is 12.8 Å². The standard InChI is InChI=1S/C14H20N4O2/c15-11-3-4-12(17-14(11)20-8-9-1-2-9)18-6-5-10(7-18)13(16)19/h3-4,9-10H,1-2,5-8,15H2,(H2,16,19). The molecule has 1 amide bonds. The second-order valence-electron chi connectivity index (χ2n) is 5.65. The highest BCUT2D eigenvalue weighted by Gasteiger charge is 2.28. The molecule has 1 aliphatic heterocycles. The molecule has 0 radical (unpaired) electrons. The van der Waals surface area contributed by atoms with E-state index in [1.807, 2.05) is 12.1 Å². The van der Waals surface area contributed by atoms with Crippen molar-refractivity contribution in [2.75, 3.05) is 30.3 Å². The SMILES string of the molecule is NC(=O)C1CCN(c2ccc(N)c(OCC3CC3)n2)C1. The third-order valence-electron chi connectivity index (χ3n) is 3.94. The van der Waals surface area contributed by atoms with E-state index in [-0.39, 0.29) is 11.8 Å². The van der Waals surface area contributed by atoms with Crippen molar-refractivity contribution >= 4 is 17.4 Å². The third-order valence-corrected chi connectivity index (χ3v) is 3.94. The highest BCUT2D eigenvalue weighted by molar-refractivity contribution is 5.78. The number of nitrogen functional groups attached to an aromatic ring is 1. The van der Waals surface area contributed by atoms with Gasteiger partial charge < -0.3 is 21.1 Å². The minimum atomic E-state index is -0.242. The summed E-state index contributed by atoms with van der Waals surface area (Å²) >= 11 is 0. The molecule has 2 aliphatic rings. The number of ether oxygens (including phenoxy) is 1. The maximum absolute atomic E-state index is 11.2. The van der Waals surface area contributed by atoms with E-state index >= 15 is 0 Å². The average Bonchev–Trinajstić information content (AvgIpc) is 3.12. The van der Waals surface area contributed by atoms with E-state index in [1.54, 1.807) is 0 Å². The number of pyridine rings is 1. The Labute approximate surface area is 118 Å². The van der Waals surface area contributed by atoms with E-state index in [0.29, 0.717) is 30.6 Å². The molecule has 4 N–H and O–H groups in total. The molecule has 1 saturated carbocycles. The highest BCUT2D eigenvalue weighted by atomic mass is 16.5. The molecule has 2 heterocycles. The number of hydrogen-bond donors (Lipinski definition) is 2. The van der Waals surface area contributed by atoms with Crippen molar-refractivity contribution in [2.45, 2.75) is 19.3 Å². The first-order chi connectivity index (χ1) is 9.63. The monoisotopic (exact) mass is 276 g/mol. The molecule has 1 saturated heterocycles. The Morgan fingerprint density at radius 3 is 2.85 bits per heavy atom. The summed E-state index contributed by atoms with van der Waals surface area (Å²) in [5, 5.41) is 0. The zero-order chi connectivity index (χ0) is 14.1. The van der Waals surface area contributed by atoms with Crippen LogP contribution in [0.3, 0.4) is 0 Å².